The van der Waals surface area contributed by atoms with E-state index >= 15 is 0 Å². The summed E-state index contributed by atoms with van der Waals surface area (Å²) in [6, 6.07) is 76.0. The molecule has 11 rings (SSSR count). The maximum atomic E-state index is 9.55. The molecule has 10 aromatic carbocycles. The zero-order valence-electron chi connectivity index (χ0n) is 32.0. The summed E-state index contributed by atoms with van der Waals surface area (Å²) in [5, 5.41) is 20.5. The molecular weight excluding hydrogens is 715 g/mol. The summed E-state index contributed by atoms with van der Waals surface area (Å²) in [7, 11) is 0. The summed E-state index contributed by atoms with van der Waals surface area (Å²) in [6.45, 7) is 0. The second-order valence-corrected chi connectivity index (χ2v) is 15.0. The molecule has 0 bridgehead atoms. The molecule has 0 spiro atoms. The Morgan fingerprint density at radius 2 is 0.881 bits per heavy atom. The van der Waals surface area contributed by atoms with Crippen LogP contribution in [0.1, 0.15) is 5.56 Å². The topological polar surface area (TPSA) is 39.9 Å². The van der Waals surface area contributed by atoms with Crippen molar-refractivity contribution in [3.8, 4) is 39.4 Å². The highest BCUT2D eigenvalue weighted by molar-refractivity contribution is 6.25. The van der Waals surface area contributed by atoms with E-state index in [1.807, 2.05) is 36.5 Å². The number of benzene rings is 10. The first kappa shape index (κ1) is 34.2. The number of hydrogen-bond donors (Lipinski definition) is 0. The van der Waals surface area contributed by atoms with Crippen LogP contribution in [0.3, 0.4) is 0 Å². The van der Waals surface area contributed by atoms with Crippen molar-refractivity contribution in [1.82, 2.24) is 4.98 Å². The average Bonchev–Trinajstić information content (AvgIpc) is 3.31. The minimum Gasteiger partial charge on any atom is -0.310 e. The fourth-order valence-electron chi connectivity index (χ4n) is 8.96. The summed E-state index contributed by atoms with van der Waals surface area (Å²) in [6.07, 6.45) is 1.82. The molecule has 3 heteroatoms. The van der Waals surface area contributed by atoms with Crippen molar-refractivity contribution < 1.29 is 0 Å². The zero-order valence-corrected chi connectivity index (χ0v) is 32.0. The zero-order chi connectivity index (χ0) is 39.3. The smallest absolute Gasteiger partial charge is 0.0991 e. The minimum atomic E-state index is 0.627. The van der Waals surface area contributed by atoms with E-state index < -0.39 is 0 Å². The number of nitrogens with zero attached hydrogens (tertiary/aromatic N) is 3. The van der Waals surface area contributed by atoms with E-state index in [4.69, 9.17) is 0 Å². The van der Waals surface area contributed by atoms with Gasteiger partial charge >= 0.3 is 0 Å². The highest BCUT2D eigenvalue weighted by atomic mass is 15.1. The summed E-state index contributed by atoms with van der Waals surface area (Å²) in [5.74, 6) is 0. The first-order valence-corrected chi connectivity index (χ1v) is 19.9. The van der Waals surface area contributed by atoms with Crippen LogP contribution in [0.5, 0.6) is 0 Å². The van der Waals surface area contributed by atoms with Crippen molar-refractivity contribution in [2.24, 2.45) is 0 Å². The number of anilines is 3. The molecule has 0 radical (unpaired) electrons. The van der Waals surface area contributed by atoms with E-state index in [2.05, 4.69) is 192 Å². The van der Waals surface area contributed by atoms with Crippen LogP contribution < -0.4 is 4.90 Å². The molecule has 0 fully saturated rings. The number of hydrogen-bond acceptors (Lipinski definition) is 3. The first-order valence-electron chi connectivity index (χ1n) is 19.9. The van der Waals surface area contributed by atoms with Gasteiger partial charge in [-0.1, -0.05) is 140 Å². The summed E-state index contributed by atoms with van der Waals surface area (Å²) < 4.78 is 0. The van der Waals surface area contributed by atoms with Crippen LogP contribution >= 0.6 is 0 Å². The van der Waals surface area contributed by atoms with E-state index in [1.54, 1.807) is 0 Å². The highest BCUT2D eigenvalue weighted by Crippen LogP contribution is 2.48. The summed E-state index contributed by atoms with van der Waals surface area (Å²) in [4.78, 5) is 6.79. The molecule has 11 aromatic rings. The standard InChI is InChI=1S/C56H35N3/c57-36-37-21-26-43(27-22-37)59(45-30-32-54-42(34-45)14-9-33-58-54)44-28-23-38(24-29-44)41-25-31-52-53(35-41)56(49-20-8-13-40-11-2-4-16-47(40)49)51-18-6-5-17-50(51)55(52)48-19-7-12-39-10-1-3-15-46(39)48/h1-35H. The van der Waals surface area contributed by atoms with Crippen LogP contribution in [0.4, 0.5) is 17.1 Å². The number of fused-ring (bicyclic) bond motifs is 5. The van der Waals surface area contributed by atoms with Crippen molar-refractivity contribution in [3.63, 3.8) is 0 Å². The molecule has 0 aliphatic rings. The fraction of sp³-hybridized carbons (Fsp3) is 0. The molecule has 0 unspecified atom stereocenters. The van der Waals surface area contributed by atoms with E-state index in [9.17, 15) is 5.26 Å². The van der Waals surface area contributed by atoms with Crippen molar-refractivity contribution in [1.29, 1.82) is 5.26 Å². The van der Waals surface area contributed by atoms with Crippen molar-refractivity contribution in [3.05, 3.63) is 218 Å². The molecule has 0 saturated heterocycles. The van der Waals surface area contributed by atoms with Gasteiger partial charge in [0, 0.05) is 28.6 Å². The van der Waals surface area contributed by atoms with Gasteiger partial charge in [0.25, 0.3) is 0 Å². The monoisotopic (exact) mass is 749 g/mol. The molecule has 0 atom stereocenters. The Morgan fingerprint density at radius 3 is 1.53 bits per heavy atom. The highest BCUT2D eigenvalue weighted by Gasteiger charge is 2.20. The average molecular weight is 750 g/mol. The Labute approximate surface area is 342 Å². The molecular formula is C56H35N3. The molecule has 59 heavy (non-hydrogen) atoms. The molecule has 0 aliphatic heterocycles. The van der Waals surface area contributed by atoms with Gasteiger partial charge in [-0.15, -0.1) is 0 Å². The van der Waals surface area contributed by atoms with E-state index in [1.165, 1.54) is 65.3 Å². The van der Waals surface area contributed by atoms with Crippen molar-refractivity contribution in [2.45, 2.75) is 0 Å². The number of pyridine rings is 1. The first-order chi connectivity index (χ1) is 29.2. The fourth-order valence-corrected chi connectivity index (χ4v) is 8.96. The Balaban J connectivity index is 1.12. The SMILES string of the molecule is N#Cc1ccc(N(c2ccc(-c3ccc4c(-c5cccc6ccccc56)c5ccccc5c(-c5cccc6ccccc56)c4c3)cc2)c2ccc3ncccc3c2)cc1. The van der Waals surface area contributed by atoms with Crippen LogP contribution in [0.15, 0.2) is 212 Å². The normalized spacial score (nSPS) is 11.4. The van der Waals surface area contributed by atoms with Gasteiger partial charge in [0.05, 0.1) is 17.1 Å². The molecule has 0 saturated carbocycles. The summed E-state index contributed by atoms with van der Waals surface area (Å²) in [5.41, 5.74) is 11.8. The van der Waals surface area contributed by atoms with Gasteiger partial charge in [-0.3, -0.25) is 4.98 Å². The van der Waals surface area contributed by atoms with Crippen LogP contribution in [-0.2, 0) is 0 Å². The van der Waals surface area contributed by atoms with Gasteiger partial charge in [0.2, 0.25) is 0 Å². The largest absolute Gasteiger partial charge is 0.310 e. The van der Waals surface area contributed by atoms with Gasteiger partial charge in [-0.05, 0) is 143 Å². The van der Waals surface area contributed by atoms with E-state index in [-0.39, 0.29) is 0 Å². The summed E-state index contributed by atoms with van der Waals surface area (Å²) >= 11 is 0. The van der Waals surface area contributed by atoms with Gasteiger partial charge in [0.1, 0.15) is 0 Å². The Hall–Kier alpha value is -8.06. The predicted molar refractivity (Wildman–Crippen MR) is 247 cm³/mol. The Morgan fingerprint density at radius 1 is 0.373 bits per heavy atom. The number of rotatable bonds is 6. The van der Waals surface area contributed by atoms with Crippen molar-refractivity contribution >= 4 is 71.1 Å². The second-order valence-electron chi connectivity index (χ2n) is 15.0. The van der Waals surface area contributed by atoms with E-state index in [0.717, 1.165) is 39.1 Å². The third-order valence-electron chi connectivity index (χ3n) is 11.7. The number of aromatic nitrogens is 1. The third kappa shape index (κ3) is 5.86. The maximum absolute atomic E-state index is 9.55. The molecule has 3 nitrogen and oxygen atoms in total. The lowest BCUT2D eigenvalue weighted by molar-refractivity contribution is 1.28. The lowest BCUT2D eigenvalue weighted by atomic mass is 9.83. The molecule has 1 heterocycles. The van der Waals surface area contributed by atoms with Crippen LogP contribution in [0, 0.1) is 11.3 Å². The van der Waals surface area contributed by atoms with Crippen LogP contribution in [0.2, 0.25) is 0 Å². The second kappa shape index (κ2) is 14.2. The Kier molecular flexibility index (Phi) is 8.20. The minimum absolute atomic E-state index is 0.627. The third-order valence-corrected chi connectivity index (χ3v) is 11.7. The molecule has 1 aromatic heterocycles. The van der Waals surface area contributed by atoms with E-state index in [0.29, 0.717) is 5.56 Å². The Bertz CT molecular complexity index is 3440. The van der Waals surface area contributed by atoms with Gasteiger partial charge in [-0.25, -0.2) is 0 Å². The lowest BCUT2D eigenvalue weighted by Gasteiger charge is -2.26. The molecule has 274 valence electrons. The quantitative estimate of drug-likeness (QED) is 0.159. The molecule has 0 N–H and O–H groups in total. The molecule has 0 amide bonds. The lowest BCUT2D eigenvalue weighted by Crippen LogP contribution is -2.10. The predicted octanol–water partition coefficient (Wildman–Crippen LogP) is 15.2. The van der Waals surface area contributed by atoms with Gasteiger partial charge < -0.3 is 4.90 Å². The van der Waals surface area contributed by atoms with Gasteiger partial charge in [-0.2, -0.15) is 5.26 Å². The van der Waals surface area contributed by atoms with Crippen LogP contribution in [0.25, 0.3) is 87.4 Å². The van der Waals surface area contributed by atoms with Gasteiger partial charge in [0.15, 0.2) is 0 Å². The van der Waals surface area contributed by atoms with Crippen LogP contribution in [-0.4, -0.2) is 4.98 Å². The molecule has 0 aliphatic carbocycles. The van der Waals surface area contributed by atoms with Crippen molar-refractivity contribution in [2.75, 3.05) is 4.90 Å². The maximum Gasteiger partial charge on any atom is 0.0991 e. The number of nitriles is 1.